The first kappa shape index (κ1) is 15.8. The summed E-state index contributed by atoms with van der Waals surface area (Å²) < 4.78 is 0. The molecule has 0 spiro atoms. The molecule has 2 N–H and O–H groups in total. The van der Waals surface area contributed by atoms with Crippen LogP contribution in [0.1, 0.15) is 47.0 Å². The fourth-order valence-electron chi connectivity index (χ4n) is 2.02. The van der Waals surface area contributed by atoms with Crippen LogP contribution in [0.4, 0.5) is 4.79 Å². The Morgan fingerprint density at radius 3 is 2.32 bits per heavy atom. The number of aliphatic carboxylic acids is 1. The van der Waals surface area contributed by atoms with Crippen LogP contribution in [0.3, 0.4) is 0 Å². The minimum absolute atomic E-state index is 0.254. The molecule has 19 heavy (non-hydrogen) atoms. The Morgan fingerprint density at radius 1 is 1.37 bits per heavy atom. The first-order chi connectivity index (χ1) is 8.75. The van der Waals surface area contributed by atoms with Gasteiger partial charge in [0.05, 0.1) is 0 Å². The molecule has 0 aromatic rings. The second-order valence-electron chi connectivity index (χ2n) is 6.48. The number of carboxylic acid groups (broad SMARTS) is 1. The quantitative estimate of drug-likeness (QED) is 0.778. The normalized spacial score (nSPS) is 16.8. The zero-order valence-corrected chi connectivity index (χ0v) is 12.4. The van der Waals surface area contributed by atoms with Gasteiger partial charge in [-0.1, -0.05) is 27.7 Å². The topological polar surface area (TPSA) is 69.6 Å². The van der Waals surface area contributed by atoms with E-state index in [0.29, 0.717) is 12.5 Å². The van der Waals surface area contributed by atoms with Gasteiger partial charge in [-0.25, -0.2) is 9.59 Å². The van der Waals surface area contributed by atoms with Crippen LogP contribution in [0, 0.1) is 11.3 Å². The van der Waals surface area contributed by atoms with E-state index in [4.69, 9.17) is 0 Å². The first-order valence-corrected chi connectivity index (χ1v) is 7.04. The zero-order chi connectivity index (χ0) is 14.6. The molecule has 1 rings (SSSR count). The lowest BCUT2D eigenvalue weighted by atomic mass is 9.87. The highest BCUT2D eigenvalue weighted by Crippen LogP contribution is 2.30. The van der Waals surface area contributed by atoms with E-state index < -0.39 is 17.4 Å². The van der Waals surface area contributed by atoms with Crippen molar-refractivity contribution in [2.75, 3.05) is 13.1 Å². The molecule has 0 saturated heterocycles. The Kier molecular flexibility index (Phi) is 5.20. The third-order valence-corrected chi connectivity index (χ3v) is 3.34. The molecule has 5 nitrogen and oxygen atoms in total. The van der Waals surface area contributed by atoms with Gasteiger partial charge >= 0.3 is 12.0 Å². The highest BCUT2D eigenvalue weighted by molar-refractivity contribution is 5.83. The number of urea groups is 1. The van der Waals surface area contributed by atoms with Gasteiger partial charge in [-0.05, 0) is 30.6 Å². The maximum atomic E-state index is 12.2. The summed E-state index contributed by atoms with van der Waals surface area (Å²) in [6.07, 6.45) is 3.23. The lowest BCUT2D eigenvalue weighted by molar-refractivity contribution is -0.142. The standard InChI is InChI=1S/C14H26N2O3/c1-5-8-16(9-10-6-7-10)13(19)15-11(12(17)18)14(2,3)4/h10-11H,5-9H2,1-4H3,(H,15,19)(H,17,18)/t11-/m0/s1. The number of rotatable bonds is 6. The Hall–Kier alpha value is -1.26. The Bertz CT molecular complexity index is 332. The second kappa shape index (κ2) is 6.26. The van der Waals surface area contributed by atoms with E-state index in [-0.39, 0.29) is 6.03 Å². The summed E-state index contributed by atoms with van der Waals surface area (Å²) in [4.78, 5) is 25.2. The van der Waals surface area contributed by atoms with Gasteiger partial charge in [-0.2, -0.15) is 0 Å². The summed E-state index contributed by atoms with van der Waals surface area (Å²) in [6.45, 7) is 8.89. The summed E-state index contributed by atoms with van der Waals surface area (Å²) >= 11 is 0. The van der Waals surface area contributed by atoms with Gasteiger partial charge in [-0.3, -0.25) is 0 Å². The summed E-state index contributed by atoms with van der Waals surface area (Å²) in [6, 6.07) is -1.12. The molecule has 0 bridgehead atoms. The molecule has 0 aliphatic heterocycles. The van der Waals surface area contributed by atoms with Crippen LogP contribution in [-0.2, 0) is 4.79 Å². The summed E-state index contributed by atoms with van der Waals surface area (Å²) in [7, 11) is 0. The Morgan fingerprint density at radius 2 is 1.95 bits per heavy atom. The number of carbonyl (C=O) groups is 2. The maximum absolute atomic E-state index is 12.2. The number of hydrogen-bond donors (Lipinski definition) is 2. The SMILES string of the molecule is CCCN(CC1CC1)C(=O)N[C@@H](C(=O)O)C(C)(C)C. The van der Waals surface area contributed by atoms with Crippen molar-refractivity contribution in [1.29, 1.82) is 0 Å². The number of hydrogen-bond acceptors (Lipinski definition) is 2. The van der Waals surface area contributed by atoms with Crippen molar-refractivity contribution in [3.05, 3.63) is 0 Å². The molecule has 0 aromatic heterocycles. The van der Waals surface area contributed by atoms with Gasteiger partial charge in [0, 0.05) is 13.1 Å². The van der Waals surface area contributed by atoms with Crippen molar-refractivity contribution in [1.82, 2.24) is 10.2 Å². The number of carbonyl (C=O) groups excluding carboxylic acids is 1. The van der Waals surface area contributed by atoms with Crippen LogP contribution in [0.25, 0.3) is 0 Å². The predicted octanol–water partition coefficient (Wildman–Crippen LogP) is 2.32. The van der Waals surface area contributed by atoms with Crippen molar-refractivity contribution in [3.63, 3.8) is 0 Å². The van der Waals surface area contributed by atoms with E-state index in [1.165, 1.54) is 12.8 Å². The van der Waals surface area contributed by atoms with Crippen molar-refractivity contribution in [3.8, 4) is 0 Å². The molecule has 1 aliphatic rings. The Balaban J connectivity index is 2.64. The van der Waals surface area contributed by atoms with Gasteiger partial charge in [0.1, 0.15) is 6.04 Å². The molecule has 0 heterocycles. The van der Waals surface area contributed by atoms with Crippen LogP contribution < -0.4 is 5.32 Å². The van der Waals surface area contributed by atoms with E-state index in [1.54, 1.807) is 4.90 Å². The highest BCUT2D eigenvalue weighted by atomic mass is 16.4. The maximum Gasteiger partial charge on any atom is 0.326 e. The largest absolute Gasteiger partial charge is 0.480 e. The van der Waals surface area contributed by atoms with E-state index >= 15 is 0 Å². The summed E-state index contributed by atoms with van der Waals surface area (Å²) in [5.41, 5.74) is -0.501. The van der Waals surface area contributed by atoms with Crippen molar-refractivity contribution >= 4 is 12.0 Å². The third kappa shape index (κ3) is 5.09. The molecule has 0 aromatic carbocycles. The lowest BCUT2D eigenvalue weighted by Crippen LogP contribution is -2.53. The minimum Gasteiger partial charge on any atom is -0.480 e. The molecule has 2 amide bonds. The average molecular weight is 270 g/mol. The van der Waals surface area contributed by atoms with E-state index in [1.807, 2.05) is 27.7 Å². The molecule has 1 aliphatic carbocycles. The van der Waals surface area contributed by atoms with Gasteiger partial charge in [0.25, 0.3) is 0 Å². The highest BCUT2D eigenvalue weighted by Gasteiger charge is 2.34. The third-order valence-electron chi connectivity index (χ3n) is 3.34. The summed E-state index contributed by atoms with van der Waals surface area (Å²) in [5, 5.41) is 11.9. The van der Waals surface area contributed by atoms with Gasteiger partial charge < -0.3 is 15.3 Å². The van der Waals surface area contributed by atoms with Crippen LogP contribution in [-0.4, -0.2) is 41.1 Å². The van der Waals surface area contributed by atoms with Crippen LogP contribution >= 0.6 is 0 Å². The van der Waals surface area contributed by atoms with Crippen LogP contribution in [0.15, 0.2) is 0 Å². The fraction of sp³-hybridized carbons (Fsp3) is 0.857. The number of carboxylic acids is 1. The number of nitrogens with one attached hydrogen (secondary N) is 1. The molecular weight excluding hydrogens is 244 g/mol. The molecule has 5 heteroatoms. The van der Waals surface area contributed by atoms with Gasteiger partial charge in [0.15, 0.2) is 0 Å². The van der Waals surface area contributed by atoms with Crippen LogP contribution in [0.2, 0.25) is 0 Å². The number of nitrogens with zero attached hydrogens (tertiary/aromatic N) is 1. The average Bonchev–Trinajstić information content (AvgIpc) is 3.06. The molecule has 0 radical (unpaired) electrons. The second-order valence-corrected chi connectivity index (χ2v) is 6.48. The first-order valence-electron chi connectivity index (χ1n) is 7.04. The minimum atomic E-state index is -0.983. The van der Waals surface area contributed by atoms with Crippen LogP contribution in [0.5, 0.6) is 0 Å². The van der Waals surface area contributed by atoms with E-state index in [2.05, 4.69) is 5.32 Å². The summed E-state index contributed by atoms with van der Waals surface area (Å²) in [5.74, 6) is -0.376. The predicted molar refractivity (Wildman–Crippen MR) is 74.0 cm³/mol. The van der Waals surface area contributed by atoms with Crippen molar-refractivity contribution in [2.24, 2.45) is 11.3 Å². The van der Waals surface area contributed by atoms with Gasteiger partial charge in [-0.15, -0.1) is 0 Å². The molecule has 1 saturated carbocycles. The van der Waals surface area contributed by atoms with Gasteiger partial charge in [0.2, 0.25) is 0 Å². The van der Waals surface area contributed by atoms with Crippen molar-refractivity contribution in [2.45, 2.75) is 53.0 Å². The smallest absolute Gasteiger partial charge is 0.326 e. The lowest BCUT2D eigenvalue weighted by Gasteiger charge is -2.31. The number of amides is 2. The molecular formula is C14H26N2O3. The molecule has 1 atom stereocenters. The molecule has 110 valence electrons. The zero-order valence-electron chi connectivity index (χ0n) is 12.4. The molecule has 1 fully saturated rings. The van der Waals surface area contributed by atoms with Crippen molar-refractivity contribution < 1.29 is 14.7 Å². The van der Waals surface area contributed by atoms with E-state index in [0.717, 1.165) is 13.0 Å². The monoisotopic (exact) mass is 270 g/mol. The van der Waals surface area contributed by atoms with E-state index in [9.17, 15) is 14.7 Å². The molecule has 0 unspecified atom stereocenters. The Labute approximate surface area is 115 Å². The fourth-order valence-corrected chi connectivity index (χ4v) is 2.02.